The van der Waals surface area contributed by atoms with Crippen molar-refractivity contribution >= 4 is 41.5 Å². The van der Waals surface area contributed by atoms with Gasteiger partial charge in [-0.25, -0.2) is 0 Å². The second-order valence-corrected chi connectivity index (χ2v) is 7.30. The molecule has 0 radical (unpaired) electrons. The molecule has 0 bridgehead atoms. The van der Waals surface area contributed by atoms with Gasteiger partial charge in [-0.2, -0.15) is 0 Å². The Morgan fingerprint density at radius 2 is 2.15 bits per heavy atom. The van der Waals surface area contributed by atoms with Crippen LogP contribution < -0.4 is 10.2 Å². The lowest BCUT2D eigenvalue weighted by molar-refractivity contribution is -0.117. The van der Waals surface area contributed by atoms with Gasteiger partial charge in [-0.15, -0.1) is 24.0 Å². The van der Waals surface area contributed by atoms with Crippen LogP contribution in [0.15, 0.2) is 29.3 Å². The summed E-state index contributed by atoms with van der Waals surface area (Å²) in [5.41, 5.74) is 2.59. The summed E-state index contributed by atoms with van der Waals surface area (Å²) in [6.45, 7) is 4.71. The molecule has 1 atom stereocenters. The molecule has 7 heteroatoms. The molecule has 3 aliphatic heterocycles. The minimum absolute atomic E-state index is 0. The van der Waals surface area contributed by atoms with Crippen molar-refractivity contribution in [3.8, 4) is 0 Å². The van der Waals surface area contributed by atoms with Crippen LogP contribution in [0.5, 0.6) is 0 Å². The Morgan fingerprint density at radius 3 is 2.92 bits per heavy atom. The highest BCUT2D eigenvalue weighted by atomic mass is 127. The summed E-state index contributed by atoms with van der Waals surface area (Å²) >= 11 is 0. The molecule has 26 heavy (non-hydrogen) atoms. The number of aliphatic imine (C=N–C) groups is 1. The van der Waals surface area contributed by atoms with Gasteiger partial charge in [-0.3, -0.25) is 9.79 Å². The number of para-hydroxylation sites is 1. The molecule has 1 unspecified atom stereocenters. The topological polar surface area (TPSA) is 57.2 Å². The van der Waals surface area contributed by atoms with Crippen LogP contribution in [0.3, 0.4) is 0 Å². The Bertz CT molecular complexity index is 688. The number of hydrogen-bond donors (Lipinski definition) is 1. The largest absolute Gasteiger partial charge is 0.381 e. The van der Waals surface area contributed by atoms with Gasteiger partial charge in [0, 0.05) is 44.4 Å². The van der Waals surface area contributed by atoms with Crippen molar-refractivity contribution < 1.29 is 9.53 Å². The molecule has 142 valence electrons. The van der Waals surface area contributed by atoms with Gasteiger partial charge in [0.2, 0.25) is 5.91 Å². The number of fused-ring (bicyclic) bond motifs is 1. The molecular formula is C19H27IN4O2. The summed E-state index contributed by atoms with van der Waals surface area (Å²) < 4.78 is 5.60. The predicted octanol–water partition coefficient (Wildman–Crippen LogP) is 1.88. The summed E-state index contributed by atoms with van der Waals surface area (Å²) in [7, 11) is 1.79. The van der Waals surface area contributed by atoms with Crippen molar-refractivity contribution in [3.63, 3.8) is 0 Å². The van der Waals surface area contributed by atoms with Crippen LogP contribution in [0.1, 0.15) is 18.4 Å². The van der Waals surface area contributed by atoms with Crippen LogP contribution in [0.2, 0.25) is 0 Å². The fourth-order valence-corrected chi connectivity index (χ4v) is 4.27. The average molecular weight is 470 g/mol. The zero-order chi connectivity index (χ0) is 17.3. The normalized spacial score (nSPS) is 24.7. The lowest BCUT2D eigenvalue weighted by Gasteiger charge is -2.25. The standard InChI is InChI=1S/C19H26N4O2.HI/c1-20-18(22-10-7-19(13-22)8-11-25-14-19)21-12-17(24)23-9-6-15-4-2-3-5-16(15)23;/h2-5H,6-14H2,1H3,(H,20,21);1H. The molecule has 1 spiro atoms. The molecule has 1 N–H and O–H groups in total. The van der Waals surface area contributed by atoms with Crippen LogP contribution in [0.25, 0.3) is 0 Å². The van der Waals surface area contributed by atoms with Crippen LogP contribution in [-0.4, -0.2) is 63.2 Å². The van der Waals surface area contributed by atoms with E-state index in [9.17, 15) is 4.79 Å². The lowest BCUT2D eigenvalue weighted by atomic mass is 9.87. The average Bonchev–Trinajstić information content (AvgIpc) is 3.36. The molecular weight excluding hydrogens is 443 g/mol. The predicted molar refractivity (Wildman–Crippen MR) is 113 cm³/mol. The van der Waals surface area contributed by atoms with E-state index in [0.29, 0.717) is 0 Å². The Labute approximate surface area is 172 Å². The summed E-state index contributed by atoms with van der Waals surface area (Å²) in [5, 5.41) is 3.27. The number of benzene rings is 1. The highest BCUT2D eigenvalue weighted by Crippen LogP contribution is 2.38. The third-order valence-corrected chi connectivity index (χ3v) is 5.72. The number of halogens is 1. The van der Waals surface area contributed by atoms with Crippen molar-refractivity contribution in [2.75, 3.05) is 51.3 Å². The van der Waals surface area contributed by atoms with E-state index >= 15 is 0 Å². The number of nitrogens with zero attached hydrogens (tertiary/aromatic N) is 3. The van der Waals surface area contributed by atoms with Crippen molar-refractivity contribution in [1.29, 1.82) is 0 Å². The van der Waals surface area contributed by atoms with Gasteiger partial charge in [0.1, 0.15) is 0 Å². The van der Waals surface area contributed by atoms with Crippen LogP contribution >= 0.6 is 24.0 Å². The van der Waals surface area contributed by atoms with Gasteiger partial charge in [-0.1, -0.05) is 18.2 Å². The Kier molecular flexibility index (Phi) is 6.06. The Balaban J connectivity index is 0.00000196. The molecule has 0 aliphatic carbocycles. The first-order valence-electron chi connectivity index (χ1n) is 9.12. The fourth-order valence-electron chi connectivity index (χ4n) is 4.27. The van der Waals surface area contributed by atoms with Gasteiger partial charge >= 0.3 is 0 Å². The van der Waals surface area contributed by atoms with Gasteiger partial charge in [-0.05, 0) is 30.9 Å². The molecule has 2 saturated heterocycles. The van der Waals surface area contributed by atoms with E-state index < -0.39 is 0 Å². The number of guanidine groups is 1. The Morgan fingerprint density at radius 1 is 1.31 bits per heavy atom. The number of hydrogen-bond acceptors (Lipinski definition) is 3. The molecule has 2 fully saturated rings. The molecule has 3 heterocycles. The first kappa shape index (κ1) is 19.4. The summed E-state index contributed by atoms with van der Waals surface area (Å²) in [5.74, 6) is 0.925. The third-order valence-electron chi connectivity index (χ3n) is 5.72. The van der Waals surface area contributed by atoms with Gasteiger partial charge in [0.25, 0.3) is 0 Å². The van der Waals surface area contributed by atoms with Crippen LogP contribution in [0.4, 0.5) is 5.69 Å². The van der Waals surface area contributed by atoms with Crippen molar-refractivity contribution in [2.45, 2.75) is 19.3 Å². The number of likely N-dealkylation sites (tertiary alicyclic amines) is 1. The molecule has 1 amide bonds. The number of nitrogens with one attached hydrogen (secondary N) is 1. The number of ether oxygens (including phenoxy) is 1. The van der Waals surface area contributed by atoms with Crippen molar-refractivity contribution in [2.24, 2.45) is 10.4 Å². The van der Waals surface area contributed by atoms with E-state index in [4.69, 9.17) is 4.74 Å². The molecule has 1 aromatic carbocycles. The molecule has 0 aromatic heterocycles. The van der Waals surface area contributed by atoms with E-state index in [1.807, 2.05) is 23.1 Å². The van der Waals surface area contributed by atoms with Gasteiger partial charge in [0.15, 0.2) is 5.96 Å². The lowest BCUT2D eigenvalue weighted by Crippen LogP contribution is -2.46. The van der Waals surface area contributed by atoms with Crippen LogP contribution in [0, 0.1) is 5.41 Å². The summed E-state index contributed by atoms with van der Waals surface area (Å²) in [6, 6.07) is 8.15. The summed E-state index contributed by atoms with van der Waals surface area (Å²) in [4.78, 5) is 21.2. The number of carbonyl (C=O) groups is 1. The number of carbonyl (C=O) groups excluding carboxylic acids is 1. The maximum Gasteiger partial charge on any atom is 0.246 e. The zero-order valence-corrected chi connectivity index (χ0v) is 17.6. The molecule has 4 rings (SSSR count). The molecule has 6 nitrogen and oxygen atoms in total. The molecule has 1 aromatic rings. The van der Waals surface area contributed by atoms with E-state index in [-0.39, 0.29) is 41.8 Å². The van der Waals surface area contributed by atoms with Crippen LogP contribution in [-0.2, 0) is 16.0 Å². The third kappa shape index (κ3) is 3.69. The minimum atomic E-state index is 0. The second-order valence-electron chi connectivity index (χ2n) is 7.30. The second kappa shape index (κ2) is 8.12. The number of amides is 1. The van der Waals surface area contributed by atoms with E-state index in [1.54, 1.807) is 7.05 Å². The van der Waals surface area contributed by atoms with Gasteiger partial charge < -0.3 is 19.9 Å². The van der Waals surface area contributed by atoms with E-state index in [0.717, 1.165) is 63.8 Å². The first-order chi connectivity index (χ1) is 12.2. The number of anilines is 1. The van der Waals surface area contributed by atoms with Crippen molar-refractivity contribution in [1.82, 2.24) is 10.2 Å². The first-order valence-corrected chi connectivity index (χ1v) is 9.12. The zero-order valence-electron chi connectivity index (χ0n) is 15.2. The van der Waals surface area contributed by atoms with Crippen molar-refractivity contribution in [3.05, 3.63) is 29.8 Å². The number of rotatable bonds is 2. The minimum Gasteiger partial charge on any atom is -0.381 e. The van der Waals surface area contributed by atoms with Gasteiger partial charge in [0.05, 0.1) is 13.2 Å². The Hall–Kier alpha value is -1.35. The maximum absolute atomic E-state index is 12.7. The highest BCUT2D eigenvalue weighted by Gasteiger charge is 2.42. The SMILES string of the molecule is CN=C(NCC(=O)N1CCc2ccccc21)N1CCC2(CCOC2)C1.I. The summed E-state index contributed by atoms with van der Waals surface area (Å²) in [6.07, 6.45) is 3.20. The highest BCUT2D eigenvalue weighted by molar-refractivity contribution is 14.0. The maximum atomic E-state index is 12.7. The molecule has 3 aliphatic rings. The monoisotopic (exact) mass is 470 g/mol. The van der Waals surface area contributed by atoms with E-state index in [2.05, 4.69) is 21.3 Å². The fraction of sp³-hybridized carbons (Fsp3) is 0.579. The molecule has 0 saturated carbocycles. The smallest absolute Gasteiger partial charge is 0.246 e. The quantitative estimate of drug-likeness (QED) is 0.408. The van der Waals surface area contributed by atoms with E-state index in [1.165, 1.54) is 5.56 Å².